The lowest BCUT2D eigenvalue weighted by Gasteiger charge is -2.18. The van der Waals surface area contributed by atoms with Gasteiger partial charge in [0.2, 0.25) is 0 Å². The van der Waals surface area contributed by atoms with Gasteiger partial charge in [0.1, 0.15) is 5.82 Å². The number of imidazole rings is 1. The van der Waals surface area contributed by atoms with E-state index in [-0.39, 0.29) is 6.10 Å². The predicted octanol–water partition coefficient (Wildman–Crippen LogP) is 1.26. The van der Waals surface area contributed by atoms with Gasteiger partial charge in [0.25, 0.3) is 0 Å². The Kier molecular flexibility index (Phi) is 3.61. The van der Waals surface area contributed by atoms with Gasteiger partial charge in [-0.2, -0.15) is 0 Å². The van der Waals surface area contributed by atoms with E-state index in [0.29, 0.717) is 0 Å². The summed E-state index contributed by atoms with van der Waals surface area (Å²) in [6, 6.07) is 0. The number of aromatic nitrogens is 2. The molecule has 0 saturated carbocycles. The first kappa shape index (κ1) is 11.6. The van der Waals surface area contributed by atoms with E-state index >= 15 is 0 Å². The largest absolute Gasteiger partial charge is 0.377 e. The van der Waals surface area contributed by atoms with Gasteiger partial charge in [-0.1, -0.05) is 0 Å². The van der Waals surface area contributed by atoms with Crippen molar-refractivity contribution in [2.45, 2.75) is 46.4 Å². The number of ether oxygens (including phenoxy) is 1. The summed E-state index contributed by atoms with van der Waals surface area (Å²) in [7, 11) is 0. The Hall–Kier alpha value is -0.870. The van der Waals surface area contributed by atoms with Crippen molar-refractivity contribution in [1.82, 2.24) is 14.9 Å². The first-order valence-electron chi connectivity index (χ1n) is 6.09. The number of aryl methyl sites for hydroxylation is 1. The van der Waals surface area contributed by atoms with E-state index in [9.17, 15) is 0 Å². The zero-order chi connectivity index (χ0) is 11.5. The molecule has 1 aromatic rings. The van der Waals surface area contributed by atoms with Crippen molar-refractivity contribution in [3.8, 4) is 0 Å². The number of fused-ring (bicyclic) bond motifs is 1. The number of nitrogens with one attached hydrogen (secondary N) is 1. The highest BCUT2D eigenvalue weighted by molar-refractivity contribution is 5.19. The van der Waals surface area contributed by atoms with Gasteiger partial charge in [0.15, 0.2) is 0 Å². The van der Waals surface area contributed by atoms with Crippen LogP contribution < -0.4 is 5.32 Å². The highest BCUT2D eigenvalue weighted by atomic mass is 16.5. The van der Waals surface area contributed by atoms with Crippen LogP contribution in [0.25, 0.3) is 0 Å². The Bertz CT molecular complexity index is 359. The third-order valence-electron chi connectivity index (χ3n) is 3.07. The van der Waals surface area contributed by atoms with Gasteiger partial charge >= 0.3 is 0 Å². The molecule has 0 aliphatic carbocycles. The molecule has 2 heterocycles. The molecular weight excluding hydrogens is 202 g/mol. The molecule has 0 fully saturated rings. The van der Waals surface area contributed by atoms with E-state index in [0.717, 1.165) is 38.5 Å². The van der Waals surface area contributed by atoms with Gasteiger partial charge in [0, 0.05) is 31.8 Å². The molecule has 1 N–H and O–H groups in total. The van der Waals surface area contributed by atoms with Crippen LogP contribution in [0.2, 0.25) is 0 Å². The van der Waals surface area contributed by atoms with Crippen LogP contribution in [0.4, 0.5) is 0 Å². The van der Waals surface area contributed by atoms with Crippen LogP contribution in [-0.4, -0.2) is 28.8 Å². The summed E-state index contributed by atoms with van der Waals surface area (Å²) < 4.78 is 7.91. The molecule has 4 heteroatoms. The number of hydrogen-bond donors (Lipinski definition) is 1. The van der Waals surface area contributed by atoms with Crippen molar-refractivity contribution in [1.29, 1.82) is 0 Å². The predicted molar refractivity (Wildman–Crippen MR) is 63.5 cm³/mol. The van der Waals surface area contributed by atoms with Crippen molar-refractivity contribution in [2.75, 3.05) is 13.2 Å². The van der Waals surface area contributed by atoms with Crippen LogP contribution in [0.1, 0.15) is 31.1 Å². The first-order valence-corrected chi connectivity index (χ1v) is 6.09. The number of rotatable bonds is 4. The van der Waals surface area contributed by atoms with Crippen LogP contribution >= 0.6 is 0 Å². The van der Waals surface area contributed by atoms with Gasteiger partial charge in [-0.15, -0.1) is 0 Å². The normalized spacial score (nSPS) is 17.2. The lowest BCUT2D eigenvalue weighted by atomic mass is 10.2. The van der Waals surface area contributed by atoms with Crippen LogP contribution in [0.15, 0.2) is 0 Å². The Morgan fingerprint density at radius 2 is 2.38 bits per heavy atom. The zero-order valence-electron chi connectivity index (χ0n) is 10.4. The summed E-state index contributed by atoms with van der Waals surface area (Å²) >= 11 is 0. The molecular formula is C12H21N3O. The molecule has 0 saturated heterocycles. The average Bonchev–Trinajstić information content (AvgIpc) is 2.56. The molecule has 0 bridgehead atoms. The highest BCUT2D eigenvalue weighted by Gasteiger charge is 2.18. The minimum Gasteiger partial charge on any atom is -0.377 e. The smallest absolute Gasteiger partial charge is 0.106 e. The molecule has 4 nitrogen and oxygen atoms in total. The Labute approximate surface area is 97.0 Å². The Morgan fingerprint density at radius 3 is 3.12 bits per heavy atom. The summed E-state index contributed by atoms with van der Waals surface area (Å²) in [6.07, 6.45) is 1.34. The van der Waals surface area contributed by atoms with Crippen LogP contribution in [0.5, 0.6) is 0 Å². The molecule has 0 amide bonds. The molecule has 16 heavy (non-hydrogen) atoms. The molecule has 1 aliphatic rings. The molecule has 0 aromatic carbocycles. The summed E-state index contributed by atoms with van der Waals surface area (Å²) in [5, 5.41) is 3.35. The Morgan fingerprint density at radius 1 is 1.56 bits per heavy atom. The van der Waals surface area contributed by atoms with Crippen molar-refractivity contribution in [3.05, 3.63) is 17.2 Å². The number of nitrogens with zero attached hydrogens (tertiary/aromatic N) is 2. The van der Waals surface area contributed by atoms with Gasteiger partial charge in [-0.25, -0.2) is 4.98 Å². The van der Waals surface area contributed by atoms with E-state index in [2.05, 4.69) is 28.7 Å². The standard InChI is InChI=1S/C12H21N3O/c1-4-16-9(2)8-15-10(3)14-11-7-13-6-5-12(11)15/h9,13H,4-8H2,1-3H3. The van der Waals surface area contributed by atoms with E-state index in [1.165, 1.54) is 11.4 Å². The molecule has 1 atom stereocenters. The maximum absolute atomic E-state index is 5.60. The van der Waals surface area contributed by atoms with E-state index < -0.39 is 0 Å². The number of hydrogen-bond acceptors (Lipinski definition) is 3. The van der Waals surface area contributed by atoms with Gasteiger partial charge in [-0.3, -0.25) is 0 Å². The van der Waals surface area contributed by atoms with Crippen LogP contribution in [0, 0.1) is 6.92 Å². The van der Waals surface area contributed by atoms with Gasteiger partial charge < -0.3 is 14.6 Å². The van der Waals surface area contributed by atoms with Crippen molar-refractivity contribution in [3.63, 3.8) is 0 Å². The molecule has 1 aromatic heterocycles. The quantitative estimate of drug-likeness (QED) is 0.835. The molecule has 2 rings (SSSR count). The average molecular weight is 223 g/mol. The zero-order valence-corrected chi connectivity index (χ0v) is 10.4. The molecule has 0 radical (unpaired) electrons. The third kappa shape index (κ3) is 2.28. The minimum atomic E-state index is 0.261. The monoisotopic (exact) mass is 223 g/mol. The van der Waals surface area contributed by atoms with E-state index in [1.54, 1.807) is 0 Å². The van der Waals surface area contributed by atoms with Gasteiger partial charge in [0.05, 0.1) is 18.3 Å². The third-order valence-corrected chi connectivity index (χ3v) is 3.07. The fourth-order valence-corrected chi connectivity index (χ4v) is 2.34. The molecule has 1 unspecified atom stereocenters. The molecule has 90 valence electrons. The SMILES string of the molecule is CCOC(C)Cn1c(C)nc2c1CCNC2. The van der Waals surface area contributed by atoms with Crippen LogP contribution in [0.3, 0.4) is 0 Å². The van der Waals surface area contributed by atoms with E-state index in [4.69, 9.17) is 4.74 Å². The lowest BCUT2D eigenvalue weighted by molar-refractivity contribution is 0.0630. The molecule has 0 spiro atoms. The second kappa shape index (κ2) is 4.97. The lowest BCUT2D eigenvalue weighted by Crippen LogP contribution is -2.26. The minimum absolute atomic E-state index is 0.261. The van der Waals surface area contributed by atoms with Crippen molar-refractivity contribution >= 4 is 0 Å². The van der Waals surface area contributed by atoms with Crippen LogP contribution in [-0.2, 0) is 24.2 Å². The van der Waals surface area contributed by atoms with Crippen molar-refractivity contribution in [2.24, 2.45) is 0 Å². The maximum Gasteiger partial charge on any atom is 0.106 e. The topological polar surface area (TPSA) is 39.1 Å². The molecule has 1 aliphatic heterocycles. The highest BCUT2D eigenvalue weighted by Crippen LogP contribution is 2.16. The van der Waals surface area contributed by atoms with E-state index in [1.807, 2.05) is 6.92 Å². The maximum atomic E-state index is 5.60. The first-order chi connectivity index (χ1) is 7.72. The summed E-state index contributed by atoms with van der Waals surface area (Å²) in [6.45, 7) is 9.90. The summed E-state index contributed by atoms with van der Waals surface area (Å²) in [5.41, 5.74) is 2.61. The fourth-order valence-electron chi connectivity index (χ4n) is 2.34. The second-order valence-corrected chi connectivity index (χ2v) is 4.36. The van der Waals surface area contributed by atoms with Gasteiger partial charge in [-0.05, 0) is 20.8 Å². The summed E-state index contributed by atoms with van der Waals surface area (Å²) in [4.78, 5) is 4.61. The Balaban J connectivity index is 2.16. The fraction of sp³-hybridized carbons (Fsp3) is 0.750. The van der Waals surface area contributed by atoms with Crippen molar-refractivity contribution < 1.29 is 4.74 Å². The summed E-state index contributed by atoms with van der Waals surface area (Å²) in [5.74, 6) is 1.11. The second-order valence-electron chi connectivity index (χ2n) is 4.36.